The van der Waals surface area contributed by atoms with Crippen molar-refractivity contribution in [3.05, 3.63) is 59.7 Å². The third-order valence-corrected chi connectivity index (χ3v) is 2.85. The topological polar surface area (TPSA) is 46.3 Å². The van der Waals surface area contributed by atoms with Gasteiger partial charge in [0.1, 0.15) is 0 Å². The predicted molar refractivity (Wildman–Crippen MR) is 75.1 cm³/mol. The Morgan fingerprint density at radius 2 is 1.61 bits per heavy atom. The van der Waals surface area contributed by atoms with E-state index in [0.29, 0.717) is 16.8 Å². The van der Waals surface area contributed by atoms with Crippen molar-refractivity contribution in [1.29, 1.82) is 0 Å². The fourth-order valence-electron chi connectivity index (χ4n) is 1.77. The van der Waals surface area contributed by atoms with Gasteiger partial charge in [0.15, 0.2) is 5.78 Å². The Balaban J connectivity index is 2.32. The molecule has 0 aliphatic rings. The first-order valence-electron chi connectivity index (χ1n) is 5.76. The molecule has 0 radical (unpaired) electrons. The van der Waals surface area contributed by atoms with Gasteiger partial charge in [0.25, 0.3) is 0 Å². The number of hydrogen-bond acceptors (Lipinski definition) is 3. The van der Waals surface area contributed by atoms with Crippen molar-refractivity contribution in [1.82, 2.24) is 0 Å². The third kappa shape index (κ3) is 2.35. The van der Waals surface area contributed by atoms with E-state index < -0.39 is 0 Å². The minimum atomic E-state index is -0.0431. The fraction of sp³-hybridized carbons (Fsp3) is 0.133. The number of carbonyl (C=O) groups is 1. The van der Waals surface area contributed by atoms with Gasteiger partial charge in [-0.25, -0.2) is 0 Å². The Bertz CT molecular complexity index is 559. The van der Waals surface area contributed by atoms with Crippen molar-refractivity contribution in [2.45, 2.75) is 0 Å². The van der Waals surface area contributed by atoms with Crippen LogP contribution < -0.4 is 10.6 Å². The molecule has 0 fully saturated rings. The molecule has 2 rings (SSSR count). The highest BCUT2D eigenvalue weighted by atomic mass is 16.1. The van der Waals surface area contributed by atoms with Gasteiger partial charge in [0.2, 0.25) is 0 Å². The zero-order chi connectivity index (χ0) is 13.1. The van der Waals surface area contributed by atoms with Gasteiger partial charge in [-0.2, -0.15) is 0 Å². The second-order valence-corrected chi connectivity index (χ2v) is 4.36. The van der Waals surface area contributed by atoms with E-state index in [0.717, 1.165) is 5.69 Å². The van der Waals surface area contributed by atoms with Crippen molar-refractivity contribution in [2.75, 3.05) is 24.7 Å². The average Bonchev–Trinajstić information content (AvgIpc) is 2.38. The molecule has 0 unspecified atom stereocenters. The van der Waals surface area contributed by atoms with Crippen LogP contribution in [0.1, 0.15) is 15.9 Å². The van der Waals surface area contributed by atoms with Crippen LogP contribution in [0.4, 0.5) is 11.4 Å². The van der Waals surface area contributed by atoms with E-state index >= 15 is 0 Å². The quantitative estimate of drug-likeness (QED) is 0.662. The molecule has 0 atom stereocenters. The Morgan fingerprint density at radius 1 is 1.00 bits per heavy atom. The Kier molecular flexibility index (Phi) is 3.33. The minimum Gasteiger partial charge on any atom is -0.398 e. The lowest BCUT2D eigenvalue weighted by molar-refractivity contribution is 0.103. The van der Waals surface area contributed by atoms with Gasteiger partial charge in [-0.1, -0.05) is 12.1 Å². The molecular formula is C15H16N2O. The molecule has 92 valence electrons. The Hall–Kier alpha value is -2.29. The maximum absolute atomic E-state index is 12.3. The number of anilines is 2. The van der Waals surface area contributed by atoms with Crippen LogP contribution >= 0.6 is 0 Å². The lowest BCUT2D eigenvalue weighted by Crippen LogP contribution is -2.09. The van der Waals surface area contributed by atoms with Gasteiger partial charge in [0.05, 0.1) is 0 Å². The minimum absolute atomic E-state index is 0.0431. The highest BCUT2D eigenvalue weighted by Gasteiger charge is 2.11. The molecule has 0 aliphatic heterocycles. The van der Waals surface area contributed by atoms with Crippen LogP contribution in [0.3, 0.4) is 0 Å². The zero-order valence-corrected chi connectivity index (χ0v) is 10.6. The Labute approximate surface area is 107 Å². The second-order valence-electron chi connectivity index (χ2n) is 4.36. The highest BCUT2D eigenvalue weighted by Crippen LogP contribution is 2.18. The van der Waals surface area contributed by atoms with Crippen LogP contribution in [0.5, 0.6) is 0 Å². The van der Waals surface area contributed by atoms with E-state index in [1.807, 2.05) is 55.4 Å². The lowest BCUT2D eigenvalue weighted by atomic mass is 10.0. The van der Waals surface area contributed by atoms with Crippen LogP contribution in [-0.4, -0.2) is 19.9 Å². The number of rotatable bonds is 3. The Morgan fingerprint density at radius 3 is 2.17 bits per heavy atom. The maximum atomic E-state index is 12.3. The summed E-state index contributed by atoms with van der Waals surface area (Å²) in [5, 5.41) is 0. The van der Waals surface area contributed by atoms with Crippen molar-refractivity contribution < 1.29 is 4.79 Å². The molecule has 0 saturated heterocycles. The van der Waals surface area contributed by atoms with E-state index in [1.54, 1.807) is 12.1 Å². The molecule has 18 heavy (non-hydrogen) atoms. The van der Waals surface area contributed by atoms with Crippen LogP contribution in [0, 0.1) is 0 Å². The molecule has 0 heterocycles. The van der Waals surface area contributed by atoms with Crippen molar-refractivity contribution in [3.8, 4) is 0 Å². The van der Waals surface area contributed by atoms with Gasteiger partial charge in [0, 0.05) is 36.6 Å². The summed E-state index contributed by atoms with van der Waals surface area (Å²) in [6, 6.07) is 14.6. The number of hydrogen-bond donors (Lipinski definition) is 1. The molecule has 2 aromatic carbocycles. The number of benzene rings is 2. The number of ketones is 1. The molecule has 0 saturated carbocycles. The van der Waals surface area contributed by atoms with Gasteiger partial charge in [-0.05, 0) is 36.4 Å². The van der Waals surface area contributed by atoms with Crippen molar-refractivity contribution in [2.24, 2.45) is 0 Å². The molecule has 2 N–H and O–H groups in total. The van der Waals surface area contributed by atoms with Gasteiger partial charge < -0.3 is 10.6 Å². The van der Waals surface area contributed by atoms with E-state index in [4.69, 9.17) is 5.73 Å². The highest BCUT2D eigenvalue weighted by molar-refractivity contribution is 6.12. The van der Waals surface area contributed by atoms with E-state index in [9.17, 15) is 4.79 Å². The summed E-state index contributed by atoms with van der Waals surface area (Å²) in [6.07, 6.45) is 0. The molecule has 2 aromatic rings. The normalized spacial score (nSPS) is 10.1. The molecule has 0 amide bonds. The van der Waals surface area contributed by atoms with Crippen LogP contribution in [-0.2, 0) is 0 Å². The summed E-state index contributed by atoms with van der Waals surface area (Å²) in [5.74, 6) is -0.0431. The third-order valence-electron chi connectivity index (χ3n) is 2.85. The summed E-state index contributed by atoms with van der Waals surface area (Å²) >= 11 is 0. The molecule has 0 aliphatic carbocycles. The largest absolute Gasteiger partial charge is 0.398 e. The first kappa shape index (κ1) is 12.2. The summed E-state index contributed by atoms with van der Waals surface area (Å²) in [7, 11) is 3.93. The molecule has 0 aromatic heterocycles. The first-order chi connectivity index (χ1) is 8.59. The zero-order valence-electron chi connectivity index (χ0n) is 10.6. The maximum Gasteiger partial charge on any atom is 0.195 e. The van der Waals surface area contributed by atoms with Gasteiger partial charge in [-0.3, -0.25) is 4.79 Å². The van der Waals surface area contributed by atoms with Crippen LogP contribution in [0.15, 0.2) is 48.5 Å². The fourth-order valence-corrected chi connectivity index (χ4v) is 1.77. The van der Waals surface area contributed by atoms with E-state index in [2.05, 4.69) is 0 Å². The van der Waals surface area contributed by atoms with Gasteiger partial charge >= 0.3 is 0 Å². The SMILES string of the molecule is CN(C)c1ccc(C(=O)c2ccccc2N)cc1. The molecule has 0 spiro atoms. The predicted octanol–water partition coefficient (Wildman–Crippen LogP) is 2.57. The number of carbonyl (C=O) groups excluding carboxylic acids is 1. The molecule has 3 nitrogen and oxygen atoms in total. The first-order valence-corrected chi connectivity index (χ1v) is 5.76. The number of para-hydroxylation sites is 1. The molecule has 3 heteroatoms. The summed E-state index contributed by atoms with van der Waals surface area (Å²) in [6.45, 7) is 0. The number of nitrogens with two attached hydrogens (primary N) is 1. The average molecular weight is 240 g/mol. The smallest absolute Gasteiger partial charge is 0.195 e. The van der Waals surface area contributed by atoms with Crippen molar-refractivity contribution >= 4 is 17.2 Å². The van der Waals surface area contributed by atoms with Crippen molar-refractivity contribution in [3.63, 3.8) is 0 Å². The van der Waals surface area contributed by atoms with Gasteiger partial charge in [-0.15, -0.1) is 0 Å². The number of nitrogen functional groups attached to an aromatic ring is 1. The van der Waals surface area contributed by atoms with Crippen LogP contribution in [0.25, 0.3) is 0 Å². The molecular weight excluding hydrogens is 224 g/mol. The summed E-state index contributed by atoms with van der Waals surface area (Å²) in [5.41, 5.74) is 8.59. The van der Waals surface area contributed by atoms with E-state index in [1.165, 1.54) is 0 Å². The molecule has 0 bridgehead atoms. The lowest BCUT2D eigenvalue weighted by Gasteiger charge is -2.12. The van der Waals surface area contributed by atoms with Crippen LogP contribution in [0.2, 0.25) is 0 Å². The second kappa shape index (κ2) is 4.92. The van der Waals surface area contributed by atoms with E-state index in [-0.39, 0.29) is 5.78 Å². The summed E-state index contributed by atoms with van der Waals surface area (Å²) < 4.78 is 0. The number of nitrogens with zero attached hydrogens (tertiary/aromatic N) is 1. The standard InChI is InChI=1S/C15H16N2O/c1-17(2)12-9-7-11(8-10-12)15(18)13-5-3-4-6-14(13)16/h3-10H,16H2,1-2H3. The summed E-state index contributed by atoms with van der Waals surface area (Å²) in [4.78, 5) is 14.2. The monoisotopic (exact) mass is 240 g/mol.